The Bertz CT molecular complexity index is 1470. The summed E-state index contributed by atoms with van der Waals surface area (Å²) >= 11 is 6.52. The largest absolute Gasteiger partial charge is 0.493 e. The van der Waals surface area contributed by atoms with Crippen LogP contribution < -0.4 is 14.8 Å². The zero-order valence-electron chi connectivity index (χ0n) is 20.0. The van der Waals surface area contributed by atoms with Crippen LogP contribution in [0, 0.1) is 11.3 Å². The zero-order valence-corrected chi connectivity index (χ0v) is 20.8. The van der Waals surface area contributed by atoms with Crippen LogP contribution >= 0.6 is 11.6 Å². The number of anilines is 1. The minimum absolute atomic E-state index is 0.0579. The summed E-state index contributed by atoms with van der Waals surface area (Å²) in [5.41, 5.74) is 3.26. The number of rotatable bonds is 8. The molecule has 0 fully saturated rings. The minimum atomic E-state index is -0.506. The summed E-state index contributed by atoms with van der Waals surface area (Å²) in [6.45, 7) is 2.36. The van der Waals surface area contributed by atoms with E-state index in [1.165, 1.54) is 13.2 Å². The van der Waals surface area contributed by atoms with E-state index in [2.05, 4.69) is 30.4 Å². The first-order valence-electron chi connectivity index (χ1n) is 11.5. The van der Waals surface area contributed by atoms with E-state index in [4.69, 9.17) is 21.1 Å². The van der Waals surface area contributed by atoms with Crippen molar-refractivity contribution in [3.8, 4) is 17.6 Å². The molecule has 0 saturated carbocycles. The highest BCUT2D eigenvalue weighted by atomic mass is 35.5. The molecule has 0 aliphatic heterocycles. The van der Waals surface area contributed by atoms with Gasteiger partial charge >= 0.3 is 0 Å². The lowest BCUT2D eigenvalue weighted by molar-refractivity contribution is -0.112. The average molecular weight is 497 g/mol. The maximum Gasteiger partial charge on any atom is 0.266 e. The summed E-state index contributed by atoms with van der Waals surface area (Å²) in [5.74, 6) is 0.291. The van der Waals surface area contributed by atoms with Gasteiger partial charge in [0.1, 0.15) is 18.2 Å². The molecule has 6 heteroatoms. The second-order valence-corrected chi connectivity index (χ2v) is 8.59. The number of amides is 1. The second-order valence-electron chi connectivity index (χ2n) is 8.18. The molecular weight excluding hydrogens is 472 g/mol. The fourth-order valence-corrected chi connectivity index (χ4v) is 4.06. The molecule has 0 aliphatic carbocycles. The van der Waals surface area contributed by atoms with Crippen LogP contribution in [0.15, 0.2) is 84.4 Å². The SMILES string of the molecule is CCc1ccc(NC(=O)/C(C#N)=C/c2cc(Cl)c(OCc3ccc4ccccc4c3)c(OC)c2)cc1. The van der Waals surface area contributed by atoms with Gasteiger partial charge in [-0.1, -0.05) is 67.1 Å². The number of nitriles is 1. The van der Waals surface area contributed by atoms with Crippen LogP contribution in [-0.2, 0) is 17.8 Å². The molecule has 0 atom stereocenters. The lowest BCUT2D eigenvalue weighted by Gasteiger charge is -2.14. The van der Waals surface area contributed by atoms with Gasteiger partial charge in [0.25, 0.3) is 5.91 Å². The minimum Gasteiger partial charge on any atom is -0.493 e. The van der Waals surface area contributed by atoms with Crippen molar-refractivity contribution in [2.45, 2.75) is 20.0 Å². The first-order valence-corrected chi connectivity index (χ1v) is 11.9. The first kappa shape index (κ1) is 24.8. The molecule has 0 heterocycles. The van der Waals surface area contributed by atoms with E-state index in [0.29, 0.717) is 34.4 Å². The number of fused-ring (bicyclic) bond motifs is 1. The average Bonchev–Trinajstić information content (AvgIpc) is 2.91. The van der Waals surface area contributed by atoms with Gasteiger partial charge in [-0.25, -0.2) is 0 Å². The number of hydrogen-bond donors (Lipinski definition) is 1. The number of ether oxygens (including phenoxy) is 2. The van der Waals surface area contributed by atoms with Gasteiger partial charge in [0.05, 0.1) is 12.1 Å². The Kier molecular flexibility index (Phi) is 7.89. The molecule has 0 unspecified atom stereocenters. The monoisotopic (exact) mass is 496 g/mol. The standard InChI is InChI=1S/C30H25ClN2O3/c1-3-20-9-12-26(13-10-20)33-30(34)25(18-32)15-22-16-27(31)29(28(17-22)35-2)36-19-21-8-11-23-6-4-5-7-24(23)14-21/h4-17H,3,19H2,1-2H3,(H,33,34)/b25-15+. The summed E-state index contributed by atoms with van der Waals surface area (Å²) in [6.07, 6.45) is 2.37. The molecule has 4 aromatic rings. The van der Waals surface area contributed by atoms with Crippen molar-refractivity contribution < 1.29 is 14.3 Å². The van der Waals surface area contributed by atoms with Gasteiger partial charge in [-0.15, -0.1) is 0 Å². The fraction of sp³-hybridized carbons (Fsp3) is 0.133. The molecular formula is C30H25ClN2O3. The number of nitrogens with one attached hydrogen (secondary N) is 1. The van der Waals surface area contributed by atoms with Gasteiger partial charge in [-0.05, 0) is 70.3 Å². The van der Waals surface area contributed by atoms with E-state index in [9.17, 15) is 10.1 Å². The smallest absolute Gasteiger partial charge is 0.266 e. The molecule has 0 aliphatic rings. The van der Waals surface area contributed by atoms with Crippen molar-refractivity contribution in [2.75, 3.05) is 12.4 Å². The summed E-state index contributed by atoms with van der Waals surface area (Å²) in [7, 11) is 1.51. The fourth-order valence-electron chi connectivity index (χ4n) is 3.78. The van der Waals surface area contributed by atoms with Crippen LogP contribution in [0.5, 0.6) is 11.5 Å². The van der Waals surface area contributed by atoms with Crippen LogP contribution in [0.2, 0.25) is 5.02 Å². The highest BCUT2D eigenvalue weighted by molar-refractivity contribution is 6.32. The van der Waals surface area contributed by atoms with E-state index < -0.39 is 5.91 Å². The third kappa shape index (κ3) is 5.86. The van der Waals surface area contributed by atoms with Crippen molar-refractivity contribution in [3.63, 3.8) is 0 Å². The van der Waals surface area contributed by atoms with Crippen LogP contribution in [0.3, 0.4) is 0 Å². The number of carbonyl (C=O) groups is 1. The third-order valence-corrected chi connectivity index (χ3v) is 6.03. The first-order chi connectivity index (χ1) is 17.5. The number of hydrogen-bond acceptors (Lipinski definition) is 4. The maximum absolute atomic E-state index is 12.7. The molecule has 4 aromatic carbocycles. The highest BCUT2D eigenvalue weighted by Crippen LogP contribution is 2.37. The Balaban J connectivity index is 1.52. The zero-order chi connectivity index (χ0) is 25.5. The second kappa shape index (κ2) is 11.4. The Morgan fingerprint density at radius 3 is 2.42 bits per heavy atom. The molecule has 0 spiro atoms. The molecule has 5 nitrogen and oxygen atoms in total. The summed E-state index contributed by atoms with van der Waals surface area (Å²) in [5, 5.41) is 14.9. The normalized spacial score (nSPS) is 11.1. The number of carbonyl (C=O) groups excluding carboxylic acids is 1. The van der Waals surface area contributed by atoms with E-state index in [0.717, 1.165) is 28.3 Å². The van der Waals surface area contributed by atoms with E-state index in [1.807, 2.05) is 54.6 Å². The van der Waals surface area contributed by atoms with Gasteiger partial charge in [-0.2, -0.15) is 5.26 Å². The number of nitrogens with zero attached hydrogens (tertiary/aromatic N) is 1. The molecule has 36 heavy (non-hydrogen) atoms. The highest BCUT2D eigenvalue weighted by Gasteiger charge is 2.15. The van der Waals surface area contributed by atoms with Crippen LogP contribution in [-0.4, -0.2) is 13.0 Å². The lowest BCUT2D eigenvalue weighted by atomic mass is 10.1. The molecule has 0 saturated heterocycles. The molecule has 180 valence electrons. The van der Waals surface area contributed by atoms with Gasteiger partial charge in [0.2, 0.25) is 0 Å². The van der Waals surface area contributed by atoms with Crippen LogP contribution in [0.4, 0.5) is 5.69 Å². The van der Waals surface area contributed by atoms with Crippen molar-refractivity contribution in [1.29, 1.82) is 5.26 Å². The number of methoxy groups -OCH3 is 1. The predicted octanol–water partition coefficient (Wildman–Crippen LogP) is 7.19. The third-order valence-electron chi connectivity index (χ3n) is 5.74. The Labute approximate surface area is 215 Å². The molecule has 1 N–H and O–H groups in total. The van der Waals surface area contributed by atoms with Gasteiger partial charge in [-0.3, -0.25) is 4.79 Å². The molecule has 0 radical (unpaired) electrons. The molecule has 0 bridgehead atoms. The number of benzene rings is 4. The summed E-state index contributed by atoms with van der Waals surface area (Å²) in [4.78, 5) is 12.7. The lowest BCUT2D eigenvalue weighted by Crippen LogP contribution is -2.13. The Hall–Kier alpha value is -4.27. The van der Waals surface area contributed by atoms with Gasteiger partial charge in [0.15, 0.2) is 11.5 Å². The Morgan fingerprint density at radius 1 is 1.00 bits per heavy atom. The van der Waals surface area contributed by atoms with Crippen molar-refractivity contribution >= 4 is 40.0 Å². The van der Waals surface area contributed by atoms with E-state index >= 15 is 0 Å². The topological polar surface area (TPSA) is 71.4 Å². The van der Waals surface area contributed by atoms with E-state index in [1.54, 1.807) is 12.1 Å². The van der Waals surface area contributed by atoms with Crippen molar-refractivity contribution in [2.24, 2.45) is 0 Å². The van der Waals surface area contributed by atoms with Gasteiger partial charge < -0.3 is 14.8 Å². The summed E-state index contributed by atoms with van der Waals surface area (Å²) in [6, 6.07) is 27.0. The number of halogens is 1. The van der Waals surface area contributed by atoms with Crippen molar-refractivity contribution in [3.05, 3.63) is 106 Å². The predicted molar refractivity (Wildman–Crippen MR) is 144 cm³/mol. The van der Waals surface area contributed by atoms with Crippen LogP contribution in [0.25, 0.3) is 16.8 Å². The Morgan fingerprint density at radius 2 is 1.72 bits per heavy atom. The molecule has 1 amide bonds. The maximum atomic E-state index is 12.7. The van der Waals surface area contributed by atoms with Crippen molar-refractivity contribution in [1.82, 2.24) is 0 Å². The van der Waals surface area contributed by atoms with Gasteiger partial charge in [0, 0.05) is 5.69 Å². The molecule has 0 aromatic heterocycles. The summed E-state index contributed by atoms with van der Waals surface area (Å²) < 4.78 is 11.5. The quantitative estimate of drug-likeness (QED) is 0.207. The molecule has 4 rings (SSSR count). The van der Waals surface area contributed by atoms with Crippen LogP contribution in [0.1, 0.15) is 23.6 Å². The van der Waals surface area contributed by atoms with E-state index in [-0.39, 0.29) is 5.57 Å². The number of aryl methyl sites for hydroxylation is 1.